The number of benzene rings is 1. The molecule has 1 nitrogen and oxygen atoms in total. The summed E-state index contributed by atoms with van der Waals surface area (Å²) in [4.78, 5) is 0. The summed E-state index contributed by atoms with van der Waals surface area (Å²) in [7, 11) is 1.79. The highest BCUT2D eigenvalue weighted by Gasteiger charge is 2.23. The summed E-state index contributed by atoms with van der Waals surface area (Å²) in [6, 6.07) is 8.92. The molecule has 0 radical (unpaired) electrons. The molecule has 1 unspecified atom stereocenters. The van der Waals surface area contributed by atoms with Crippen molar-refractivity contribution in [3.8, 4) is 0 Å². The third kappa shape index (κ3) is 3.76. The van der Waals surface area contributed by atoms with Crippen LogP contribution >= 0.6 is 11.8 Å². The number of hydrogen-bond acceptors (Lipinski definition) is 2. The van der Waals surface area contributed by atoms with Crippen molar-refractivity contribution in [1.29, 1.82) is 0 Å². The first kappa shape index (κ1) is 14.0. The van der Waals surface area contributed by atoms with Crippen LogP contribution in [-0.4, -0.2) is 24.2 Å². The molecular weight excluding hydrogens is 240 g/mol. The van der Waals surface area contributed by atoms with Gasteiger partial charge >= 0.3 is 0 Å². The molecule has 2 heteroatoms. The molecule has 1 aromatic rings. The molecule has 1 aliphatic carbocycles. The largest absolute Gasteiger partial charge is 0.383 e. The normalized spacial score (nSPS) is 19.6. The molecule has 1 aliphatic rings. The summed E-state index contributed by atoms with van der Waals surface area (Å²) in [5.41, 5.74) is 3.13. The van der Waals surface area contributed by atoms with Crippen LogP contribution in [0.1, 0.15) is 31.4 Å². The summed E-state index contributed by atoms with van der Waals surface area (Å²) in [5.74, 6) is 2.09. The van der Waals surface area contributed by atoms with Crippen LogP contribution in [-0.2, 0) is 17.6 Å². The Morgan fingerprint density at radius 1 is 1.28 bits per heavy atom. The number of hydrogen-bond donors (Lipinski definition) is 0. The van der Waals surface area contributed by atoms with E-state index in [1.807, 2.05) is 0 Å². The Balaban J connectivity index is 1.87. The highest BCUT2D eigenvalue weighted by molar-refractivity contribution is 8.00. The van der Waals surface area contributed by atoms with Gasteiger partial charge in [-0.15, -0.1) is 0 Å². The van der Waals surface area contributed by atoms with Crippen molar-refractivity contribution in [2.24, 2.45) is 5.92 Å². The van der Waals surface area contributed by atoms with Gasteiger partial charge in [-0.2, -0.15) is 11.8 Å². The van der Waals surface area contributed by atoms with E-state index in [1.54, 1.807) is 18.2 Å². The fourth-order valence-corrected chi connectivity index (χ4v) is 3.82. The first-order valence-electron chi connectivity index (χ1n) is 6.80. The highest BCUT2D eigenvalue weighted by atomic mass is 32.2. The molecular formula is C16H24OS. The van der Waals surface area contributed by atoms with Gasteiger partial charge in [0.05, 0.1) is 6.61 Å². The van der Waals surface area contributed by atoms with Crippen LogP contribution in [0.3, 0.4) is 0 Å². The lowest BCUT2D eigenvalue weighted by molar-refractivity contribution is 0.179. The fraction of sp³-hybridized carbons (Fsp3) is 0.625. The van der Waals surface area contributed by atoms with Gasteiger partial charge in [-0.1, -0.05) is 24.3 Å². The third-order valence-electron chi connectivity index (χ3n) is 3.65. The summed E-state index contributed by atoms with van der Waals surface area (Å²) in [6.45, 7) is 5.39. The van der Waals surface area contributed by atoms with Crippen molar-refractivity contribution in [2.75, 3.05) is 19.5 Å². The number of thioether (sulfide) groups is 1. The van der Waals surface area contributed by atoms with Gasteiger partial charge in [-0.25, -0.2) is 0 Å². The molecule has 0 N–H and O–H groups in total. The zero-order chi connectivity index (χ0) is 13.0. The van der Waals surface area contributed by atoms with E-state index in [0.717, 1.165) is 12.5 Å². The van der Waals surface area contributed by atoms with Gasteiger partial charge < -0.3 is 4.74 Å². The lowest BCUT2D eigenvalue weighted by Gasteiger charge is -2.29. The van der Waals surface area contributed by atoms with Crippen molar-refractivity contribution in [1.82, 2.24) is 0 Å². The summed E-state index contributed by atoms with van der Waals surface area (Å²) in [5, 5.41) is 0. The molecule has 0 amide bonds. The van der Waals surface area contributed by atoms with Gasteiger partial charge in [0.1, 0.15) is 0 Å². The van der Waals surface area contributed by atoms with Crippen molar-refractivity contribution in [3.63, 3.8) is 0 Å². The smallest absolute Gasteiger partial charge is 0.0604 e. The van der Waals surface area contributed by atoms with Crippen LogP contribution in [0.5, 0.6) is 0 Å². The molecule has 18 heavy (non-hydrogen) atoms. The Labute approximate surface area is 115 Å². The van der Waals surface area contributed by atoms with Gasteiger partial charge in [0, 0.05) is 11.9 Å². The Hall–Kier alpha value is -0.470. The van der Waals surface area contributed by atoms with Gasteiger partial charge in [0.2, 0.25) is 0 Å². The minimum Gasteiger partial charge on any atom is -0.383 e. The van der Waals surface area contributed by atoms with Crippen LogP contribution < -0.4 is 0 Å². The molecule has 1 aromatic carbocycles. The van der Waals surface area contributed by atoms with E-state index in [0.29, 0.717) is 0 Å². The zero-order valence-corrected chi connectivity index (χ0v) is 12.6. The van der Waals surface area contributed by atoms with Crippen molar-refractivity contribution < 1.29 is 4.74 Å². The molecule has 1 atom stereocenters. The second-order valence-corrected chi connectivity index (χ2v) is 7.61. The van der Waals surface area contributed by atoms with Crippen LogP contribution in [0.4, 0.5) is 0 Å². The molecule has 100 valence electrons. The average Bonchev–Trinajstić information content (AvgIpc) is 2.36. The summed E-state index contributed by atoms with van der Waals surface area (Å²) in [6.07, 6.45) is 3.85. The van der Waals surface area contributed by atoms with E-state index in [2.05, 4.69) is 49.9 Å². The predicted octanol–water partition coefficient (Wildman–Crippen LogP) is 3.95. The maximum atomic E-state index is 5.28. The van der Waals surface area contributed by atoms with E-state index in [1.165, 1.54) is 25.0 Å². The van der Waals surface area contributed by atoms with Crippen LogP contribution in [0.25, 0.3) is 0 Å². The molecule has 0 saturated carbocycles. The lowest BCUT2D eigenvalue weighted by atomic mass is 9.85. The quantitative estimate of drug-likeness (QED) is 0.796. The number of rotatable bonds is 5. The van der Waals surface area contributed by atoms with Gasteiger partial charge in [-0.05, 0) is 55.9 Å². The van der Waals surface area contributed by atoms with Gasteiger partial charge in [0.25, 0.3) is 0 Å². The van der Waals surface area contributed by atoms with Crippen LogP contribution in [0.15, 0.2) is 24.3 Å². The number of methoxy groups -OCH3 is 1. The summed E-state index contributed by atoms with van der Waals surface area (Å²) >= 11 is 2.06. The van der Waals surface area contributed by atoms with E-state index in [9.17, 15) is 0 Å². The maximum absolute atomic E-state index is 5.28. The fourth-order valence-electron chi connectivity index (χ4n) is 2.65. The summed E-state index contributed by atoms with van der Waals surface area (Å²) < 4.78 is 5.52. The molecule has 2 rings (SSSR count). The molecule has 0 bridgehead atoms. The molecule has 0 heterocycles. The average molecular weight is 264 g/mol. The van der Waals surface area contributed by atoms with E-state index in [4.69, 9.17) is 4.74 Å². The van der Waals surface area contributed by atoms with Crippen LogP contribution in [0.2, 0.25) is 0 Å². The standard InChI is InChI=1S/C16H24OS/c1-16(2,12-17-3)18-11-13-8-9-14-6-4-5-7-15(14)10-13/h4-7,13H,8-12H2,1-3H3. The topological polar surface area (TPSA) is 9.23 Å². The molecule has 0 aliphatic heterocycles. The van der Waals surface area contributed by atoms with E-state index >= 15 is 0 Å². The Morgan fingerprint density at radius 3 is 2.72 bits per heavy atom. The van der Waals surface area contributed by atoms with Gasteiger partial charge in [-0.3, -0.25) is 0 Å². The molecule has 0 spiro atoms. The lowest BCUT2D eigenvalue weighted by Crippen LogP contribution is -2.25. The Bertz CT molecular complexity index is 386. The van der Waals surface area contributed by atoms with E-state index in [-0.39, 0.29) is 4.75 Å². The Morgan fingerprint density at radius 2 is 2.00 bits per heavy atom. The van der Waals surface area contributed by atoms with Crippen molar-refractivity contribution in [2.45, 2.75) is 37.9 Å². The highest BCUT2D eigenvalue weighted by Crippen LogP contribution is 2.32. The molecule has 0 saturated heterocycles. The first-order chi connectivity index (χ1) is 8.61. The van der Waals surface area contributed by atoms with Crippen molar-refractivity contribution in [3.05, 3.63) is 35.4 Å². The monoisotopic (exact) mass is 264 g/mol. The predicted molar refractivity (Wildman–Crippen MR) is 80.4 cm³/mol. The first-order valence-corrected chi connectivity index (χ1v) is 7.79. The van der Waals surface area contributed by atoms with Crippen molar-refractivity contribution >= 4 is 11.8 Å². The van der Waals surface area contributed by atoms with Gasteiger partial charge in [0.15, 0.2) is 0 Å². The minimum atomic E-state index is 0.242. The minimum absolute atomic E-state index is 0.242. The zero-order valence-electron chi connectivity index (χ0n) is 11.7. The second-order valence-electron chi connectivity index (χ2n) is 5.88. The number of ether oxygens (including phenoxy) is 1. The third-order valence-corrected chi connectivity index (χ3v) is 5.19. The number of fused-ring (bicyclic) bond motifs is 1. The molecule has 0 aromatic heterocycles. The molecule has 0 fully saturated rings. The number of aryl methyl sites for hydroxylation is 1. The van der Waals surface area contributed by atoms with Crippen LogP contribution in [0, 0.1) is 5.92 Å². The Kier molecular flexibility index (Phi) is 4.74. The SMILES string of the molecule is COCC(C)(C)SCC1CCc2ccccc2C1. The van der Waals surface area contributed by atoms with E-state index < -0.39 is 0 Å². The maximum Gasteiger partial charge on any atom is 0.0604 e. The second kappa shape index (κ2) is 6.12.